The van der Waals surface area contributed by atoms with Gasteiger partial charge in [0.05, 0.1) is 10.5 Å². The summed E-state index contributed by atoms with van der Waals surface area (Å²) in [5, 5.41) is 3.26. The second-order valence-corrected chi connectivity index (χ2v) is 7.68. The normalized spacial score (nSPS) is 20.2. The van der Waals surface area contributed by atoms with Gasteiger partial charge in [-0.1, -0.05) is 6.07 Å². The van der Waals surface area contributed by atoms with E-state index < -0.39 is 10.0 Å². The summed E-state index contributed by atoms with van der Waals surface area (Å²) < 4.78 is 33.0. The number of aryl methyl sites for hydroxylation is 1. The second kappa shape index (κ2) is 5.59. The van der Waals surface area contributed by atoms with Gasteiger partial charge in [-0.15, -0.1) is 0 Å². The first-order valence-corrected chi connectivity index (χ1v) is 8.95. The van der Waals surface area contributed by atoms with Crippen LogP contribution in [0.2, 0.25) is 0 Å². The maximum absolute atomic E-state index is 12.4. The lowest BCUT2D eigenvalue weighted by atomic mass is 9.80. The zero-order valence-corrected chi connectivity index (χ0v) is 13.1. The van der Waals surface area contributed by atoms with Crippen LogP contribution in [-0.4, -0.2) is 34.2 Å². The van der Waals surface area contributed by atoms with E-state index in [-0.39, 0.29) is 5.60 Å². The van der Waals surface area contributed by atoms with Crippen molar-refractivity contribution in [2.45, 2.75) is 42.6 Å². The molecule has 0 unspecified atom stereocenters. The molecule has 0 atom stereocenters. The number of hydrogen-bond acceptors (Lipinski definition) is 4. The van der Waals surface area contributed by atoms with E-state index in [0.29, 0.717) is 11.4 Å². The molecule has 1 aliphatic heterocycles. The van der Waals surface area contributed by atoms with Crippen molar-refractivity contribution >= 4 is 15.7 Å². The molecule has 116 valence electrons. The SMILES string of the molecule is COC1(CNS(=O)(=O)c2ccc3c(c2)NCCC3)CCC1. The predicted molar refractivity (Wildman–Crippen MR) is 82.0 cm³/mol. The zero-order chi connectivity index (χ0) is 14.9. The first-order valence-electron chi connectivity index (χ1n) is 7.46. The van der Waals surface area contributed by atoms with Gasteiger partial charge in [0, 0.05) is 25.9 Å². The molecule has 1 aliphatic carbocycles. The third kappa shape index (κ3) is 2.93. The Bertz CT molecular complexity index is 618. The molecule has 0 bridgehead atoms. The molecule has 21 heavy (non-hydrogen) atoms. The number of benzene rings is 1. The first kappa shape index (κ1) is 14.8. The lowest BCUT2D eigenvalue weighted by molar-refractivity contribution is -0.0659. The van der Waals surface area contributed by atoms with Gasteiger partial charge in [-0.2, -0.15) is 0 Å². The summed E-state index contributed by atoms with van der Waals surface area (Å²) in [6.07, 6.45) is 5.02. The van der Waals surface area contributed by atoms with Gasteiger partial charge in [0.1, 0.15) is 0 Å². The molecule has 0 radical (unpaired) electrons. The fraction of sp³-hybridized carbons (Fsp3) is 0.600. The van der Waals surface area contributed by atoms with Crippen molar-refractivity contribution in [1.29, 1.82) is 0 Å². The summed E-state index contributed by atoms with van der Waals surface area (Å²) in [5.74, 6) is 0. The number of ether oxygens (including phenoxy) is 1. The largest absolute Gasteiger partial charge is 0.385 e. The Morgan fingerprint density at radius 3 is 2.81 bits per heavy atom. The van der Waals surface area contributed by atoms with E-state index in [1.807, 2.05) is 6.07 Å². The van der Waals surface area contributed by atoms with Crippen LogP contribution in [0.4, 0.5) is 5.69 Å². The minimum atomic E-state index is -3.48. The summed E-state index contributed by atoms with van der Waals surface area (Å²) >= 11 is 0. The molecule has 1 saturated carbocycles. The van der Waals surface area contributed by atoms with Crippen molar-refractivity contribution in [2.75, 3.05) is 25.5 Å². The van der Waals surface area contributed by atoms with E-state index in [9.17, 15) is 8.42 Å². The highest BCUT2D eigenvalue weighted by molar-refractivity contribution is 7.89. The van der Waals surface area contributed by atoms with E-state index in [4.69, 9.17) is 4.74 Å². The highest BCUT2D eigenvalue weighted by atomic mass is 32.2. The van der Waals surface area contributed by atoms with E-state index in [1.54, 1.807) is 19.2 Å². The molecule has 2 N–H and O–H groups in total. The Morgan fingerprint density at radius 2 is 2.14 bits per heavy atom. The highest BCUT2D eigenvalue weighted by Gasteiger charge is 2.38. The van der Waals surface area contributed by atoms with Gasteiger partial charge in [-0.05, 0) is 49.8 Å². The van der Waals surface area contributed by atoms with Crippen LogP contribution in [-0.2, 0) is 21.2 Å². The van der Waals surface area contributed by atoms with Crippen LogP contribution < -0.4 is 10.0 Å². The van der Waals surface area contributed by atoms with Crippen LogP contribution >= 0.6 is 0 Å². The number of methoxy groups -OCH3 is 1. The summed E-state index contributed by atoms with van der Waals surface area (Å²) in [6.45, 7) is 1.24. The molecule has 3 rings (SSSR count). The van der Waals surface area contributed by atoms with Crippen LogP contribution in [0.15, 0.2) is 23.1 Å². The maximum atomic E-state index is 12.4. The van der Waals surface area contributed by atoms with Gasteiger partial charge in [-0.3, -0.25) is 0 Å². The van der Waals surface area contributed by atoms with Crippen molar-refractivity contribution in [3.05, 3.63) is 23.8 Å². The number of rotatable bonds is 5. The van der Waals surface area contributed by atoms with Crippen molar-refractivity contribution < 1.29 is 13.2 Å². The lowest BCUT2D eigenvalue weighted by Crippen LogP contribution is -2.49. The quantitative estimate of drug-likeness (QED) is 0.871. The molecular weight excluding hydrogens is 288 g/mol. The summed E-state index contributed by atoms with van der Waals surface area (Å²) in [5.41, 5.74) is 1.82. The molecule has 6 heteroatoms. The molecule has 1 aromatic carbocycles. The molecule has 0 spiro atoms. The van der Waals surface area contributed by atoms with Crippen molar-refractivity contribution in [3.63, 3.8) is 0 Å². The van der Waals surface area contributed by atoms with E-state index in [2.05, 4.69) is 10.0 Å². The molecule has 2 aliphatic rings. The number of nitrogens with one attached hydrogen (secondary N) is 2. The van der Waals surface area contributed by atoms with Crippen molar-refractivity contribution in [3.8, 4) is 0 Å². The van der Waals surface area contributed by atoms with E-state index >= 15 is 0 Å². The van der Waals surface area contributed by atoms with Crippen LogP contribution in [0, 0.1) is 0 Å². The summed E-state index contributed by atoms with van der Waals surface area (Å²) in [6, 6.07) is 5.33. The molecule has 5 nitrogen and oxygen atoms in total. The molecule has 1 aromatic rings. The molecule has 0 saturated heterocycles. The maximum Gasteiger partial charge on any atom is 0.240 e. The van der Waals surface area contributed by atoms with Gasteiger partial charge in [0.25, 0.3) is 0 Å². The standard InChI is InChI=1S/C15H22N2O3S/c1-20-15(7-3-8-15)11-17-21(18,19)13-6-5-12-4-2-9-16-14(12)10-13/h5-6,10,16-17H,2-4,7-9,11H2,1H3. The predicted octanol–water partition coefficient (Wildman–Crippen LogP) is 1.89. The van der Waals surface area contributed by atoms with Gasteiger partial charge >= 0.3 is 0 Å². The van der Waals surface area contributed by atoms with Crippen LogP contribution in [0.3, 0.4) is 0 Å². The summed E-state index contributed by atoms with van der Waals surface area (Å²) in [7, 11) is -1.83. The fourth-order valence-corrected chi connectivity index (χ4v) is 4.08. The average Bonchev–Trinajstić information content (AvgIpc) is 2.46. The van der Waals surface area contributed by atoms with Crippen molar-refractivity contribution in [2.24, 2.45) is 0 Å². The number of fused-ring (bicyclic) bond motifs is 1. The summed E-state index contributed by atoms with van der Waals surface area (Å²) in [4.78, 5) is 0.321. The average molecular weight is 310 g/mol. The third-order valence-electron chi connectivity index (χ3n) is 4.61. The topological polar surface area (TPSA) is 67.4 Å². The first-order chi connectivity index (χ1) is 10.0. The monoisotopic (exact) mass is 310 g/mol. The number of hydrogen-bond donors (Lipinski definition) is 2. The van der Waals surface area contributed by atoms with Crippen molar-refractivity contribution in [1.82, 2.24) is 4.72 Å². The van der Waals surface area contributed by atoms with Gasteiger partial charge < -0.3 is 10.1 Å². The van der Waals surface area contributed by atoms with Gasteiger partial charge in [0.2, 0.25) is 10.0 Å². The third-order valence-corrected chi connectivity index (χ3v) is 6.01. The Hall–Kier alpha value is -1.11. The minimum absolute atomic E-state index is 0.306. The Labute approximate surface area is 126 Å². The fourth-order valence-electron chi connectivity index (χ4n) is 2.94. The van der Waals surface area contributed by atoms with Crippen LogP contribution in [0.5, 0.6) is 0 Å². The van der Waals surface area contributed by atoms with E-state index in [0.717, 1.165) is 44.3 Å². The van der Waals surface area contributed by atoms with Crippen LogP contribution in [0.25, 0.3) is 0 Å². The highest BCUT2D eigenvalue weighted by Crippen LogP contribution is 2.34. The zero-order valence-electron chi connectivity index (χ0n) is 12.3. The Balaban J connectivity index is 1.75. The van der Waals surface area contributed by atoms with Gasteiger partial charge in [-0.25, -0.2) is 13.1 Å². The lowest BCUT2D eigenvalue weighted by Gasteiger charge is -2.40. The van der Waals surface area contributed by atoms with E-state index in [1.165, 1.54) is 5.56 Å². The second-order valence-electron chi connectivity index (χ2n) is 5.91. The molecular formula is C15H22N2O3S. The molecule has 1 heterocycles. The Morgan fingerprint density at radius 1 is 1.33 bits per heavy atom. The van der Waals surface area contributed by atoms with Gasteiger partial charge in [0.15, 0.2) is 0 Å². The smallest absolute Gasteiger partial charge is 0.240 e. The minimum Gasteiger partial charge on any atom is -0.385 e. The molecule has 1 fully saturated rings. The molecule has 0 aromatic heterocycles. The van der Waals surface area contributed by atoms with Crippen LogP contribution in [0.1, 0.15) is 31.2 Å². The number of sulfonamides is 1. The molecule has 0 amide bonds. The number of anilines is 1. The Kier molecular flexibility index (Phi) is 3.94.